The van der Waals surface area contributed by atoms with E-state index in [9.17, 15) is 10.2 Å². The molecule has 35 heavy (non-hydrogen) atoms. The second kappa shape index (κ2) is 8.90. The molecule has 0 bridgehead atoms. The van der Waals surface area contributed by atoms with Crippen LogP contribution in [0, 0.1) is 0 Å². The first kappa shape index (κ1) is 25.6. The molecule has 0 aromatic heterocycles. The number of methoxy groups -OCH3 is 2. The van der Waals surface area contributed by atoms with Crippen molar-refractivity contribution < 1.29 is 29.2 Å². The summed E-state index contributed by atoms with van der Waals surface area (Å²) in [6.45, 7) is 13.0. The highest BCUT2D eigenvalue weighted by molar-refractivity contribution is 5.65. The third-order valence-corrected chi connectivity index (χ3v) is 7.54. The Morgan fingerprint density at radius 2 is 1.00 bits per heavy atom. The van der Waals surface area contributed by atoms with Crippen molar-refractivity contribution in [2.75, 3.05) is 27.4 Å². The summed E-state index contributed by atoms with van der Waals surface area (Å²) in [4.78, 5) is 0. The van der Waals surface area contributed by atoms with Gasteiger partial charge in [0.1, 0.15) is 13.2 Å². The minimum absolute atomic E-state index is 0.0797. The van der Waals surface area contributed by atoms with Gasteiger partial charge >= 0.3 is 0 Å². The van der Waals surface area contributed by atoms with Crippen LogP contribution in [0.2, 0.25) is 0 Å². The third-order valence-electron chi connectivity index (χ3n) is 7.54. The normalized spacial score (nSPS) is 22.9. The summed E-state index contributed by atoms with van der Waals surface area (Å²) in [5, 5.41) is 19.6. The molecule has 4 rings (SSSR count). The van der Waals surface area contributed by atoms with Crippen molar-refractivity contribution in [3.8, 4) is 23.0 Å². The van der Waals surface area contributed by atoms with Crippen molar-refractivity contribution in [1.82, 2.24) is 0 Å². The Bertz CT molecular complexity index is 1010. The summed E-state index contributed by atoms with van der Waals surface area (Å²) in [5.74, 6) is 2.66. The molecule has 2 aromatic carbocycles. The zero-order chi connectivity index (χ0) is 25.8. The molecule has 1 spiro atoms. The Kier molecular flexibility index (Phi) is 6.52. The van der Waals surface area contributed by atoms with E-state index in [2.05, 4.69) is 52.0 Å². The highest BCUT2D eigenvalue weighted by atomic mass is 16.5. The van der Waals surface area contributed by atoms with Crippen molar-refractivity contribution in [2.45, 2.75) is 82.8 Å². The third kappa shape index (κ3) is 4.36. The van der Waals surface area contributed by atoms with Crippen LogP contribution in [0.4, 0.5) is 0 Å². The summed E-state index contributed by atoms with van der Waals surface area (Å²) < 4.78 is 23.4. The van der Waals surface area contributed by atoms with E-state index in [0.29, 0.717) is 23.0 Å². The van der Waals surface area contributed by atoms with E-state index in [4.69, 9.17) is 18.9 Å². The molecule has 0 amide bonds. The summed E-state index contributed by atoms with van der Waals surface area (Å²) in [7, 11) is 3.31. The molecule has 0 saturated heterocycles. The zero-order valence-electron chi connectivity index (χ0n) is 22.3. The molecule has 2 unspecified atom stereocenters. The van der Waals surface area contributed by atoms with Gasteiger partial charge in [-0.2, -0.15) is 0 Å². The lowest BCUT2D eigenvalue weighted by molar-refractivity contribution is 0.120. The fourth-order valence-electron chi connectivity index (χ4n) is 6.28. The van der Waals surface area contributed by atoms with Crippen LogP contribution < -0.4 is 18.9 Å². The van der Waals surface area contributed by atoms with Gasteiger partial charge < -0.3 is 29.2 Å². The van der Waals surface area contributed by atoms with E-state index in [1.807, 2.05) is 0 Å². The molecule has 0 fully saturated rings. The minimum atomic E-state index is -0.578. The lowest BCUT2D eigenvalue weighted by Crippen LogP contribution is -2.27. The smallest absolute Gasteiger partial charge is 0.161 e. The van der Waals surface area contributed by atoms with E-state index in [-0.39, 0.29) is 29.5 Å². The molecular formula is C29H40O6. The summed E-state index contributed by atoms with van der Waals surface area (Å²) >= 11 is 0. The van der Waals surface area contributed by atoms with Gasteiger partial charge in [-0.3, -0.25) is 0 Å². The van der Waals surface area contributed by atoms with Gasteiger partial charge in [-0.25, -0.2) is 0 Å². The molecule has 0 radical (unpaired) electrons. The van der Waals surface area contributed by atoms with Crippen LogP contribution >= 0.6 is 0 Å². The van der Waals surface area contributed by atoms with Crippen LogP contribution in [-0.2, 0) is 16.2 Å². The lowest BCUT2D eigenvalue weighted by atomic mass is 9.72. The molecule has 2 N–H and O–H groups in total. The number of aliphatic hydroxyl groups is 2. The van der Waals surface area contributed by atoms with Gasteiger partial charge in [0, 0.05) is 5.41 Å². The summed E-state index contributed by atoms with van der Waals surface area (Å²) in [5.41, 5.74) is 4.59. The Labute approximate surface area is 209 Å². The van der Waals surface area contributed by atoms with E-state index in [1.165, 1.54) is 22.3 Å². The lowest BCUT2D eigenvalue weighted by Gasteiger charge is -2.31. The van der Waals surface area contributed by atoms with Gasteiger partial charge in [0.05, 0.1) is 26.4 Å². The predicted octanol–water partition coefficient (Wildman–Crippen LogP) is 4.87. The van der Waals surface area contributed by atoms with E-state index in [1.54, 1.807) is 28.1 Å². The molecule has 0 heterocycles. The maximum atomic E-state index is 9.82. The van der Waals surface area contributed by atoms with Crippen LogP contribution in [0.25, 0.3) is 0 Å². The molecule has 2 aromatic rings. The first-order chi connectivity index (χ1) is 16.3. The van der Waals surface area contributed by atoms with Gasteiger partial charge in [-0.15, -0.1) is 0 Å². The average molecular weight is 485 g/mol. The Balaban J connectivity index is 1.93. The number of fused-ring (bicyclic) bond motifs is 4. The first-order valence-electron chi connectivity index (χ1n) is 12.4. The zero-order valence-corrected chi connectivity index (χ0v) is 22.3. The maximum Gasteiger partial charge on any atom is 0.161 e. The fourth-order valence-corrected chi connectivity index (χ4v) is 6.28. The van der Waals surface area contributed by atoms with Crippen LogP contribution in [0.3, 0.4) is 0 Å². The number of hydrogen-bond acceptors (Lipinski definition) is 6. The van der Waals surface area contributed by atoms with Gasteiger partial charge in [0.2, 0.25) is 0 Å². The van der Waals surface area contributed by atoms with E-state index >= 15 is 0 Å². The topological polar surface area (TPSA) is 77.4 Å². The number of benzene rings is 2. The SMILES string of the molecule is COc1cc2c(cc1OCC(C)O)C1(CC2(C)C)CC(C)(C)c2cc(OC)c(OCC(C)O)cc21. The number of aliphatic hydroxyl groups excluding tert-OH is 2. The van der Waals surface area contributed by atoms with Crippen molar-refractivity contribution >= 4 is 0 Å². The molecule has 2 aliphatic carbocycles. The van der Waals surface area contributed by atoms with Gasteiger partial charge in [0.15, 0.2) is 23.0 Å². The molecule has 0 saturated carbocycles. The molecular weight excluding hydrogens is 444 g/mol. The van der Waals surface area contributed by atoms with Gasteiger partial charge in [0.25, 0.3) is 0 Å². The molecule has 6 nitrogen and oxygen atoms in total. The van der Waals surface area contributed by atoms with Crippen molar-refractivity contribution in [3.05, 3.63) is 46.5 Å². The second-order valence-corrected chi connectivity index (χ2v) is 11.6. The summed E-state index contributed by atoms with van der Waals surface area (Å²) in [6.07, 6.45) is 0.727. The first-order valence-corrected chi connectivity index (χ1v) is 12.4. The number of rotatable bonds is 8. The monoisotopic (exact) mass is 484 g/mol. The number of hydrogen-bond donors (Lipinski definition) is 2. The number of ether oxygens (including phenoxy) is 4. The van der Waals surface area contributed by atoms with Crippen LogP contribution in [0.5, 0.6) is 23.0 Å². The molecule has 2 atom stereocenters. The molecule has 6 heteroatoms. The average Bonchev–Trinajstić information content (AvgIpc) is 3.13. The van der Waals surface area contributed by atoms with E-state index < -0.39 is 12.2 Å². The molecule has 2 aliphatic rings. The standard InChI is InChI=1S/C29H40O6/c1-17(30)13-34-25-11-21-19(9-23(25)32-7)27(3,4)15-29(21)16-28(5,6)20-10-24(33-8)26(12-22(20)29)35-14-18(2)31/h9-12,17-18,30-31H,13-16H2,1-8H3. The van der Waals surface area contributed by atoms with Gasteiger partial charge in [-0.1, -0.05) is 27.7 Å². The van der Waals surface area contributed by atoms with Gasteiger partial charge in [-0.05, 0) is 84.0 Å². The van der Waals surface area contributed by atoms with Crippen LogP contribution in [0.1, 0.15) is 76.6 Å². The van der Waals surface area contributed by atoms with Crippen LogP contribution in [-0.4, -0.2) is 49.9 Å². The Hall–Kier alpha value is -2.44. The summed E-state index contributed by atoms with van der Waals surface area (Å²) in [6, 6.07) is 8.47. The second-order valence-electron chi connectivity index (χ2n) is 11.6. The highest BCUT2D eigenvalue weighted by Gasteiger charge is 2.57. The minimum Gasteiger partial charge on any atom is -0.493 e. The van der Waals surface area contributed by atoms with E-state index in [0.717, 1.165) is 12.8 Å². The maximum absolute atomic E-state index is 9.82. The van der Waals surface area contributed by atoms with Crippen molar-refractivity contribution in [1.29, 1.82) is 0 Å². The Morgan fingerprint density at radius 1 is 0.657 bits per heavy atom. The largest absolute Gasteiger partial charge is 0.493 e. The van der Waals surface area contributed by atoms with Crippen LogP contribution in [0.15, 0.2) is 24.3 Å². The van der Waals surface area contributed by atoms with Crippen molar-refractivity contribution in [3.63, 3.8) is 0 Å². The highest BCUT2D eigenvalue weighted by Crippen LogP contribution is 2.64. The Morgan fingerprint density at radius 3 is 1.31 bits per heavy atom. The van der Waals surface area contributed by atoms with Crippen molar-refractivity contribution in [2.24, 2.45) is 0 Å². The molecule has 192 valence electrons. The fraction of sp³-hybridized carbons (Fsp3) is 0.586. The predicted molar refractivity (Wildman–Crippen MR) is 136 cm³/mol. The molecule has 0 aliphatic heterocycles. The quantitative estimate of drug-likeness (QED) is 0.557.